The van der Waals surface area contributed by atoms with Crippen LogP contribution in [-0.2, 0) is 6.42 Å². The summed E-state index contributed by atoms with van der Waals surface area (Å²) in [6, 6.07) is 4.70. The van der Waals surface area contributed by atoms with Gasteiger partial charge in [-0.2, -0.15) is 4.39 Å². The van der Waals surface area contributed by atoms with Crippen molar-refractivity contribution in [2.45, 2.75) is 6.42 Å². The first kappa shape index (κ1) is 14.6. The van der Waals surface area contributed by atoms with Gasteiger partial charge in [-0.15, -0.1) is 0 Å². The van der Waals surface area contributed by atoms with Gasteiger partial charge in [0.25, 0.3) is 5.91 Å². The van der Waals surface area contributed by atoms with Gasteiger partial charge in [-0.25, -0.2) is 4.39 Å². The number of rotatable bonds is 5. The largest absolute Gasteiger partial charge is 0.469 e. The molecule has 0 unspecified atom stereocenters. The fourth-order valence-electron chi connectivity index (χ4n) is 1.73. The Balaban J connectivity index is 2.11. The highest BCUT2D eigenvalue weighted by Gasteiger charge is 2.25. The summed E-state index contributed by atoms with van der Waals surface area (Å²) in [7, 11) is 0. The van der Waals surface area contributed by atoms with Crippen LogP contribution in [0.2, 0.25) is 0 Å². The predicted octanol–water partition coefficient (Wildman–Crippen LogP) is 2.44. The van der Waals surface area contributed by atoms with E-state index in [0.29, 0.717) is 24.3 Å². The van der Waals surface area contributed by atoms with Gasteiger partial charge in [-0.05, 0) is 18.2 Å². The highest BCUT2D eigenvalue weighted by molar-refractivity contribution is 5.95. The molecule has 1 heterocycles. The first-order valence-electron chi connectivity index (χ1n) is 5.93. The van der Waals surface area contributed by atoms with E-state index in [9.17, 15) is 23.7 Å². The van der Waals surface area contributed by atoms with E-state index < -0.39 is 33.7 Å². The first-order valence-corrected chi connectivity index (χ1v) is 5.93. The van der Waals surface area contributed by atoms with Gasteiger partial charge >= 0.3 is 5.69 Å². The van der Waals surface area contributed by atoms with E-state index in [1.54, 1.807) is 12.1 Å². The van der Waals surface area contributed by atoms with Crippen LogP contribution < -0.4 is 5.32 Å². The molecule has 0 saturated heterocycles. The molecule has 0 aliphatic carbocycles. The molecule has 1 N–H and O–H groups in total. The molecular formula is C13H10F2N2O4. The van der Waals surface area contributed by atoms with Crippen LogP contribution >= 0.6 is 0 Å². The number of nitrogens with zero attached hydrogens (tertiary/aromatic N) is 1. The average Bonchev–Trinajstić information content (AvgIpc) is 2.91. The zero-order chi connectivity index (χ0) is 15.4. The number of nitro groups is 1. The molecule has 0 aliphatic heterocycles. The molecule has 21 heavy (non-hydrogen) atoms. The third kappa shape index (κ3) is 3.22. The number of carbonyl (C=O) groups excluding carboxylic acids is 1. The zero-order valence-corrected chi connectivity index (χ0v) is 10.6. The molecule has 0 fully saturated rings. The minimum Gasteiger partial charge on any atom is -0.469 e. The van der Waals surface area contributed by atoms with Crippen molar-refractivity contribution in [1.29, 1.82) is 0 Å². The van der Waals surface area contributed by atoms with Crippen molar-refractivity contribution in [3.05, 3.63) is 63.6 Å². The predicted molar refractivity (Wildman–Crippen MR) is 67.8 cm³/mol. The Hall–Kier alpha value is -2.77. The van der Waals surface area contributed by atoms with Gasteiger partial charge in [0, 0.05) is 19.0 Å². The first-order chi connectivity index (χ1) is 10.0. The number of hydrogen-bond donors (Lipinski definition) is 1. The highest BCUT2D eigenvalue weighted by atomic mass is 19.1. The Kier molecular flexibility index (Phi) is 4.27. The van der Waals surface area contributed by atoms with Gasteiger partial charge in [-0.3, -0.25) is 14.9 Å². The van der Waals surface area contributed by atoms with Crippen LogP contribution in [0.4, 0.5) is 14.5 Å². The molecule has 110 valence electrons. The molecule has 1 aromatic heterocycles. The molecule has 1 amide bonds. The Morgan fingerprint density at radius 2 is 2.10 bits per heavy atom. The van der Waals surface area contributed by atoms with Crippen LogP contribution in [0.25, 0.3) is 0 Å². The van der Waals surface area contributed by atoms with E-state index in [1.165, 1.54) is 6.26 Å². The van der Waals surface area contributed by atoms with Crippen LogP contribution in [0.15, 0.2) is 34.9 Å². The summed E-state index contributed by atoms with van der Waals surface area (Å²) in [6.07, 6.45) is 1.79. The molecule has 0 bridgehead atoms. The molecule has 0 saturated carbocycles. The van der Waals surface area contributed by atoms with Crippen molar-refractivity contribution in [3.8, 4) is 0 Å². The number of benzene rings is 1. The lowest BCUT2D eigenvalue weighted by molar-refractivity contribution is -0.387. The molecule has 8 heteroatoms. The third-order valence-corrected chi connectivity index (χ3v) is 2.73. The molecule has 0 spiro atoms. The van der Waals surface area contributed by atoms with E-state index in [0.717, 1.165) is 0 Å². The van der Waals surface area contributed by atoms with Gasteiger partial charge < -0.3 is 9.73 Å². The Morgan fingerprint density at radius 3 is 2.71 bits per heavy atom. The fourth-order valence-corrected chi connectivity index (χ4v) is 1.73. The Morgan fingerprint density at radius 1 is 1.33 bits per heavy atom. The van der Waals surface area contributed by atoms with Crippen LogP contribution in [-0.4, -0.2) is 17.4 Å². The normalized spacial score (nSPS) is 10.4. The van der Waals surface area contributed by atoms with Crippen LogP contribution in [0, 0.1) is 21.7 Å². The minimum atomic E-state index is -1.49. The molecule has 1 aromatic carbocycles. The van der Waals surface area contributed by atoms with Crippen molar-refractivity contribution in [1.82, 2.24) is 5.32 Å². The summed E-state index contributed by atoms with van der Waals surface area (Å²) >= 11 is 0. The Labute approximate surface area is 117 Å². The van der Waals surface area contributed by atoms with Gasteiger partial charge in [0.05, 0.1) is 11.2 Å². The van der Waals surface area contributed by atoms with E-state index in [4.69, 9.17) is 4.42 Å². The number of carbonyl (C=O) groups is 1. The monoisotopic (exact) mass is 296 g/mol. The van der Waals surface area contributed by atoms with E-state index in [1.807, 2.05) is 0 Å². The lowest BCUT2D eigenvalue weighted by Gasteiger charge is -2.06. The molecule has 0 radical (unpaired) electrons. The Bertz CT molecular complexity index is 671. The van der Waals surface area contributed by atoms with E-state index >= 15 is 0 Å². The van der Waals surface area contributed by atoms with Crippen LogP contribution in [0.1, 0.15) is 16.1 Å². The van der Waals surface area contributed by atoms with Gasteiger partial charge in [0.2, 0.25) is 5.82 Å². The number of furan rings is 1. The van der Waals surface area contributed by atoms with Gasteiger partial charge in [-0.1, -0.05) is 0 Å². The van der Waals surface area contributed by atoms with Gasteiger partial charge in [0.1, 0.15) is 17.1 Å². The van der Waals surface area contributed by atoms with Crippen molar-refractivity contribution in [3.63, 3.8) is 0 Å². The van der Waals surface area contributed by atoms with Gasteiger partial charge in [0.15, 0.2) is 0 Å². The second-order valence-corrected chi connectivity index (χ2v) is 4.10. The quantitative estimate of drug-likeness (QED) is 0.678. The van der Waals surface area contributed by atoms with E-state index in [2.05, 4.69) is 5.32 Å². The van der Waals surface area contributed by atoms with Crippen molar-refractivity contribution >= 4 is 11.6 Å². The highest BCUT2D eigenvalue weighted by Crippen LogP contribution is 2.22. The summed E-state index contributed by atoms with van der Waals surface area (Å²) in [5, 5.41) is 12.9. The fraction of sp³-hybridized carbons (Fsp3) is 0.154. The lowest BCUT2D eigenvalue weighted by Crippen LogP contribution is -2.27. The number of amides is 1. The summed E-state index contributed by atoms with van der Waals surface area (Å²) in [4.78, 5) is 21.3. The van der Waals surface area contributed by atoms with E-state index in [-0.39, 0.29) is 6.54 Å². The molecular weight excluding hydrogens is 286 g/mol. The zero-order valence-electron chi connectivity index (χ0n) is 10.6. The van der Waals surface area contributed by atoms with Crippen molar-refractivity contribution < 1.29 is 22.9 Å². The molecule has 6 nitrogen and oxygen atoms in total. The summed E-state index contributed by atoms with van der Waals surface area (Å²) in [6.45, 7) is 0.0773. The second-order valence-electron chi connectivity index (χ2n) is 4.10. The van der Waals surface area contributed by atoms with Crippen molar-refractivity contribution in [2.24, 2.45) is 0 Å². The number of nitro benzene ring substituents is 1. The molecule has 2 rings (SSSR count). The standard InChI is InChI=1S/C13H10F2N2O4/c14-9-3-4-10(17(19)20)12(15)11(9)13(18)16-6-5-8-2-1-7-21-8/h1-4,7H,5-6H2,(H,16,18). The SMILES string of the molecule is O=C(NCCc1ccco1)c1c(F)ccc([N+](=O)[O-])c1F. The van der Waals surface area contributed by atoms with Crippen LogP contribution in [0.5, 0.6) is 0 Å². The average molecular weight is 296 g/mol. The smallest absolute Gasteiger partial charge is 0.305 e. The third-order valence-electron chi connectivity index (χ3n) is 2.73. The molecule has 0 atom stereocenters. The number of nitrogens with one attached hydrogen (secondary N) is 1. The molecule has 0 aliphatic rings. The maximum atomic E-state index is 13.8. The maximum Gasteiger partial charge on any atom is 0.305 e. The number of hydrogen-bond acceptors (Lipinski definition) is 4. The summed E-state index contributed by atoms with van der Waals surface area (Å²) in [5.41, 5.74) is -1.92. The topological polar surface area (TPSA) is 85.4 Å². The maximum absolute atomic E-state index is 13.8. The van der Waals surface area contributed by atoms with Crippen LogP contribution in [0.3, 0.4) is 0 Å². The lowest BCUT2D eigenvalue weighted by atomic mass is 10.1. The minimum absolute atomic E-state index is 0.0773. The second kappa shape index (κ2) is 6.12. The number of halogens is 2. The van der Waals surface area contributed by atoms with Crippen molar-refractivity contribution in [2.75, 3.05) is 6.54 Å². The summed E-state index contributed by atoms with van der Waals surface area (Å²) < 4.78 is 32.3. The summed E-state index contributed by atoms with van der Waals surface area (Å²) in [5.74, 6) is -3.11. The molecule has 2 aromatic rings.